The van der Waals surface area contributed by atoms with Crippen LogP contribution in [0, 0.1) is 5.82 Å². The molecule has 0 radical (unpaired) electrons. The summed E-state index contributed by atoms with van der Waals surface area (Å²) in [5, 5.41) is 4.49. The molecule has 2 aromatic heterocycles. The van der Waals surface area contributed by atoms with Gasteiger partial charge in [-0.15, -0.1) is 0 Å². The molecular weight excluding hydrogens is 433 g/mol. The van der Waals surface area contributed by atoms with Crippen LogP contribution in [0.15, 0.2) is 67.0 Å². The monoisotopic (exact) mass is 459 g/mol. The first-order valence-corrected chi connectivity index (χ1v) is 11.3. The third-order valence-corrected chi connectivity index (χ3v) is 6.26. The lowest BCUT2D eigenvalue weighted by Crippen LogP contribution is -2.28. The molecule has 0 atom stereocenters. The Morgan fingerprint density at radius 1 is 1.18 bits per heavy atom. The van der Waals surface area contributed by atoms with Crippen LogP contribution in [-0.4, -0.2) is 38.5 Å². The molecule has 1 saturated heterocycles. The second-order valence-electron chi connectivity index (χ2n) is 8.42. The molecule has 1 aliphatic rings. The number of hydrogen-bond acceptors (Lipinski definition) is 4. The number of nitrogens with one attached hydrogen (secondary N) is 1. The second-order valence-corrected chi connectivity index (χ2v) is 8.42. The van der Waals surface area contributed by atoms with Crippen molar-refractivity contribution in [3.8, 4) is 22.8 Å². The topological polar surface area (TPSA) is 88.7 Å². The largest absolute Gasteiger partial charge is 0.454 e. The first kappa shape index (κ1) is 21.8. The first-order chi connectivity index (χ1) is 16.5. The number of allylic oxidation sites excluding steroid dienone is 1. The normalized spacial score (nSPS) is 14.8. The van der Waals surface area contributed by atoms with Crippen LogP contribution in [0.5, 0.6) is 11.5 Å². The van der Waals surface area contributed by atoms with Gasteiger partial charge in [0.1, 0.15) is 11.4 Å². The average molecular weight is 460 g/mol. The number of likely N-dealkylation sites (tertiary alicyclic amines) is 1. The molecule has 0 unspecified atom stereocenters. The van der Waals surface area contributed by atoms with Crippen LogP contribution in [-0.2, 0) is 0 Å². The van der Waals surface area contributed by atoms with E-state index in [2.05, 4.69) is 27.3 Å². The number of primary amides is 1. The van der Waals surface area contributed by atoms with Crippen molar-refractivity contribution < 1.29 is 13.9 Å². The summed E-state index contributed by atoms with van der Waals surface area (Å²) in [6.45, 7) is 3.98. The molecular formula is C26H26FN5O2. The highest BCUT2D eigenvalue weighted by atomic mass is 19.1. The third kappa shape index (κ3) is 4.03. The fourth-order valence-corrected chi connectivity index (χ4v) is 4.59. The van der Waals surface area contributed by atoms with E-state index in [9.17, 15) is 9.18 Å². The molecule has 4 aromatic rings. The number of benzene rings is 2. The Labute approximate surface area is 196 Å². The molecule has 2 aromatic carbocycles. The predicted octanol–water partition coefficient (Wildman–Crippen LogP) is 5.07. The number of imidazole rings is 1. The van der Waals surface area contributed by atoms with Gasteiger partial charge < -0.3 is 20.4 Å². The van der Waals surface area contributed by atoms with E-state index in [0.29, 0.717) is 23.1 Å². The van der Waals surface area contributed by atoms with Gasteiger partial charge in [0.25, 0.3) is 5.91 Å². The Bertz CT molecular complexity index is 1350. The first-order valence-electron chi connectivity index (χ1n) is 11.3. The molecule has 174 valence electrons. The zero-order valence-corrected chi connectivity index (χ0v) is 18.9. The van der Waals surface area contributed by atoms with Crippen LogP contribution in [0.25, 0.3) is 16.9 Å². The molecule has 3 heterocycles. The van der Waals surface area contributed by atoms with Crippen molar-refractivity contribution in [1.82, 2.24) is 19.5 Å². The van der Waals surface area contributed by atoms with Gasteiger partial charge >= 0.3 is 0 Å². The maximum atomic E-state index is 13.9. The highest BCUT2D eigenvalue weighted by Gasteiger charge is 2.26. The number of amides is 1. The molecule has 1 fully saturated rings. The molecule has 34 heavy (non-hydrogen) atoms. The summed E-state index contributed by atoms with van der Waals surface area (Å²) in [5.74, 6) is -0.0125. The molecule has 7 nitrogen and oxygen atoms in total. The number of carbonyl (C=O) groups is 1. The van der Waals surface area contributed by atoms with Crippen molar-refractivity contribution >= 4 is 11.6 Å². The lowest BCUT2D eigenvalue weighted by molar-refractivity contribution is 0.0994. The SMILES string of the molecule is CC=CN1CCC(c2cnn3c(C(N)=O)c(-c4ccc(Oc5ccccc5F)cc4)[nH]c23)CC1. The summed E-state index contributed by atoms with van der Waals surface area (Å²) < 4.78 is 21.1. The molecule has 0 spiro atoms. The third-order valence-electron chi connectivity index (χ3n) is 6.26. The molecule has 1 amide bonds. The van der Waals surface area contributed by atoms with Crippen LogP contribution in [0.3, 0.4) is 0 Å². The fraction of sp³-hybridized carbons (Fsp3) is 0.231. The van der Waals surface area contributed by atoms with E-state index in [1.165, 1.54) is 6.07 Å². The number of fused-ring (bicyclic) bond motifs is 1. The summed E-state index contributed by atoms with van der Waals surface area (Å²) in [5.41, 5.74) is 9.29. The lowest BCUT2D eigenvalue weighted by atomic mass is 9.91. The van der Waals surface area contributed by atoms with E-state index in [1.54, 1.807) is 34.8 Å². The van der Waals surface area contributed by atoms with E-state index >= 15 is 0 Å². The Balaban J connectivity index is 1.45. The molecule has 8 heteroatoms. The van der Waals surface area contributed by atoms with Gasteiger partial charge in [-0.25, -0.2) is 8.91 Å². The predicted molar refractivity (Wildman–Crippen MR) is 128 cm³/mol. The molecule has 5 rings (SSSR count). The number of hydrogen-bond donors (Lipinski definition) is 2. The fourth-order valence-electron chi connectivity index (χ4n) is 4.59. The van der Waals surface area contributed by atoms with Gasteiger partial charge in [0, 0.05) is 24.2 Å². The van der Waals surface area contributed by atoms with Crippen molar-refractivity contribution in [2.24, 2.45) is 5.73 Å². The van der Waals surface area contributed by atoms with E-state index in [-0.39, 0.29) is 5.75 Å². The Morgan fingerprint density at radius 3 is 2.59 bits per heavy atom. The minimum absolute atomic E-state index is 0.150. The number of halogens is 1. The Kier molecular flexibility index (Phi) is 5.79. The van der Waals surface area contributed by atoms with Crippen molar-refractivity contribution in [3.63, 3.8) is 0 Å². The van der Waals surface area contributed by atoms with Gasteiger partial charge in [0.2, 0.25) is 0 Å². The molecule has 3 N–H and O–H groups in total. The van der Waals surface area contributed by atoms with Crippen LogP contribution in [0.4, 0.5) is 4.39 Å². The molecule has 0 aliphatic carbocycles. The number of aromatic nitrogens is 3. The van der Waals surface area contributed by atoms with Gasteiger partial charge in [0.15, 0.2) is 17.3 Å². The number of rotatable bonds is 6. The zero-order valence-electron chi connectivity index (χ0n) is 18.9. The minimum Gasteiger partial charge on any atom is -0.454 e. The number of nitrogens with two attached hydrogens (primary N) is 1. The standard InChI is InChI=1S/C26H26FN5O2/c1-2-13-31-14-11-17(12-15-31)20-16-29-32-24(25(28)33)23(30-26(20)32)18-7-9-19(10-8-18)34-22-6-4-3-5-21(22)27/h2-10,13,16-17,30H,11-12,14-15H2,1H3,(H2,28,33). The van der Waals surface area contributed by atoms with Crippen LogP contribution < -0.4 is 10.5 Å². The van der Waals surface area contributed by atoms with Crippen LogP contribution in [0.2, 0.25) is 0 Å². The van der Waals surface area contributed by atoms with E-state index in [1.807, 2.05) is 25.3 Å². The summed E-state index contributed by atoms with van der Waals surface area (Å²) in [7, 11) is 0. The van der Waals surface area contributed by atoms with Crippen molar-refractivity contribution in [1.29, 1.82) is 0 Å². The quantitative estimate of drug-likeness (QED) is 0.421. The minimum atomic E-state index is -0.564. The van der Waals surface area contributed by atoms with E-state index in [0.717, 1.165) is 42.7 Å². The van der Waals surface area contributed by atoms with Gasteiger partial charge in [0.05, 0.1) is 11.9 Å². The second kappa shape index (κ2) is 9.05. The summed E-state index contributed by atoms with van der Waals surface area (Å²) in [6.07, 6.45) is 8.04. The highest BCUT2D eigenvalue weighted by Crippen LogP contribution is 2.34. The Morgan fingerprint density at radius 2 is 1.91 bits per heavy atom. The zero-order chi connectivity index (χ0) is 23.7. The maximum Gasteiger partial charge on any atom is 0.269 e. The summed E-state index contributed by atoms with van der Waals surface area (Å²) in [6, 6.07) is 13.3. The average Bonchev–Trinajstić information content (AvgIpc) is 3.41. The molecule has 0 saturated carbocycles. The number of ether oxygens (including phenoxy) is 1. The summed E-state index contributed by atoms with van der Waals surface area (Å²) >= 11 is 0. The van der Waals surface area contributed by atoms with Crippen molar-refractivity contribution in [3.05, 3.63) is 84.1 Å². The Hall–Kier alpha value is -4.07. The van der Waals surface area contributed by atoms with Gasteiger partial charge in [-0.05, 0) is 68.3 Å². The van der Waals surface area contributed by atoms with Crippen LogP contribution in [0.1, 0.15) is 41.7 Å². The number of piperidine rings is 1. The van der Waals surface area contributed by atoms with Gasteiger partial charge in [-0.3, -0.25) is 4.79 Å². The maximum absolute atomic E-state index is 13.9. The molecule has 1 aliphatic heterocycles. The number of H-pyrrole nitrogens is 1. The number of carbonyl (C=O) groups excluding carboxylic acids is 1. The van der Waals surface area contributed by atoms with E-state index in [4.69, 9.17) is 10.5 Å². The number of para-hydroxylation sites is 1. The van der Waals surface area contributed by atoms with E-state index < -0.39 is 11.7 Å². The van der Waals surface area contributed by atoms with Crippen LogP contribution >= 0.6 is 0 Å². The smallest absolute Gasteiger partial charge is 0.269 e. The number of aromatic amines is 1. The highest BCUT2D eigenvalue weighted by molar-refractivity contribution is 5.98. The lowest BCUT2D eigenvalue weighted by Gasteiger charge is -2.30. The van der Waals surface area contributed by atoms with Gasteiger partial charge in [-0.1, -0.05) is 18.2 Å². The molecule has 0 bridgehead atoms. The van der Waals surface area contributed by atoms with Gasteiger partial charge in [-0.2, -0.15) is 5.10 Å². The number of nitrogens with zero attached hydrogens (tertiary/aromatic N) is 3. The van der Waals surface area contributed by atoms with Crippen molar-refractivity contribution in [2.45, 2.75) is 25.7 Å². The van der Waals surface area contributed by atoms with Crippen molar-refractivity contribution in [2.75, 3.05) is 13.1 Å². The summed E-state index contributed by atoms with van der Waals surface area (Å²) in [4.78, 5) is 18.1.